The second-order valence-corrected chi connectivity index (χ2v) is 31.2. The van der Waals surface area contributed by atoms with Crippen molar-refractivity contribution in [2.75, 3.05) is 133 Å². The van der Waals surface area contributed by atoms with Crippen molar-refractivity contribution < 1.29 is 148 Å². The van der Waals surface area contributed by atoms with Gasteiger partial charge in [-0.1, -0.05) is 54.6 Å². The molecule has 41 heteroatoms. The molecule has 2 heterocycles. The Balaban J connectivity index is 1.16. The lowest BCUT2D eigenvalue weighted by atomic mass is 9.80. The van der Waals surface area contributed by atoms with E-state index in [0.29, 0.717) is 95.5 Å². The normalized spacial score (nSPS) is 18.2. The van der Waals surface area contributed by atoms with Crippen LogP contribution < -0.4 is 63.1 Å². The SMILES string of the molecule is COc1ccc(C(OCCCCNC(=O)CCCC(=O)NC(COCCC(=O)NCCCN)(COCCC(=O)NCCCNC(=O)CCCCO[C@@H]2O[C@H](COC(C)=O)[C@H](OC(C)=O)[C@H](OC(C)=O)[C@H]2NC(C)=O)COCCC(=O)NCCCNC(=O)CCCCO[C@@H]2O[C@H](COC(C)=O)[C@H](OC(C)=O)[C@H](OC(C)=O)[C@H]2NC(C)=O)(c2ccccc2)c2ccc(OC)cc2)cc1. The van der Waals surface area contributed by atoms with E-state index in [9.17, 15) is 71.9 Å². The third-order valence-electron chi connectivity index (χ3n) is 20.2. The molecular formula is C90H134N10O31. The second kappa shape index (κ2) is 61.6. The number of hydrogen-bond donors (Lipinski definition) is 10. The molecule has 0 aromatic heterocycles. The standard InChI is InChI=1S/C90H134N10O31/c1-59(101)98-81-85(128-65(7)107)83(126-63(5)105)72(54-123-61(3)103)130-87(81)121-48-17-14-26-74(109)94-44-22-46-96-78(113)39-52-119-57-89(56-118-51-38-77(112)93-43-21-41-91,100-80(115)29-20-28-76(111)92-42-16-19-50-125-90(67-24-12-11-13-25-67,68-30-34-70(116-9)35-31-68)69-32-36-71(117-10)37-33-69)58-120-53-40-79(114)97-47-23-45-95-75(110)27-15-18-49-122-88-82(99-60(2)102)86(129-66(8)108)84(127-64(6)106)73(131-88)55-124-62(4)104/h11-13,24-25,30-37,72-73,81-88H,14-23,26-29,38-58,91H2,1-10H3,(H,92,111)(H,93,112)(H,94,109)(H,95,110)(H,96,113)(H,97,114)(H,98,101)(H,99,102)(H,100,115)/t72-,73-,81-,82-,83+,84+,85-,86-,87-,88-/m1/s1. The fraction of sp³-hybridized carbons (Fsp3) is 0.633. The van der Waals surface area contributed by atoms with Gasteiger partial charge < -0.3 is 129 Å². The number of benzene rings is 3. The zero-order valence-corrected chi connectivity index (χ0v) is 76.8. The highest BCUT2D eigenvalue weighted by Gasteiger charge is 2.53. The van der Waals surface area contributed by atoms with Gasteiger partial charge in [-0.3, -0.25) is 71.9 Å². The van der Waals surface area contributed by atoms with Crippen LogP contribution in [0.5, 0.6) is 11.5 Å². The number of nitrogens with two attached hydrogens (primary N) is 1. The van der Waals surface area contributed by atoms with Crippen LogP contribution in [-0.4, -0.2) is 289 Å². The molecular weight excluding hydrogens is 1720 g/mol. The number of hydrogen-bond acceptors (Lipinski definition) is 32. The van der Waals surface area contributed by atoms with Crippen LogP contribution in [-0.2, 0) is 144 Å². The molecule has 9 amide bonds. The molecule has 3 aromatic carbocycles. The number of unbranched alkanes of at least 4 members (excludes halogenated alkanes) is 3. The Kier molecular flexibility index (Phi) is 51.9. The lowest BCUT2D eigenvalue weighted by molar-refractivity contribution is -0.277. The van der Waals surface area contributed by atoms with Gasteiger partial charge in [-0.15, -0.1) is 0 Å². The maximum absolute atomic E-state index is 14.2. The van der Waals surface area contributed by atoms with Crippen LogP contribution in [0.25, 0.3) is 0 Å². The van der Waals surface area contributed by atoms with Gasteiger partial charge in [0.2, 0.25) is 53.2 Å². The summed E-state index contributed by atoms with van der Waals surface area (Å²) in [6.45, 7) is 9.17. The van der Waals surface area contributed by atoms with Crippen molar-refractivity contribution in [1.82, 2.24) is 47.9 Å². The van der Waals surface area contributed by atoms with Crippen LogP contribution in [0.3, 0.4) is 0 Å². The first-order chi connectivity index (χ1) is 62.8. The molecule has 0 aliphatic carbocycles. The fourth-order valence-corrected chi connectivity index (χ4v) is 14.0. The molecule has 0 saturated carbocycles. The van der Waals surface area contributed by atoms with E-state index < -0.39 is 151 Å². The van der Waals surface area contributed by atoms with E-state index in [2.05, 4.69) is 47.9 Å². The summed E-state index contributed by atoms with van der Waals surface area (Å²) >= 11 is 0. The number of carbonyl (C=O) groups is 15. The van der Waals surface area contributed by atoms with Gasteiger partial charge in [0.1, 0.15) is 60.1 Å². The Bertz CT molecular complexity index is 3860. The summed E-state index contributed by atoms with van der Waals surface area (Å²) in [5.74, 6) is -6.63. The van der Waals surface area contributed by atoms with Gasteiger partial charge in [-0.05, 0) is 112 Å². The Morgan fingerprint density at radius 3 is 1.05 bits per heavy atom. The number of nitrogens with one attached hydrogen (secondary N) is 9. The predicted molar refractivity (Wildman–Crippen MR) is 467 cm³/mol. The quantitative estimate of drug-likeness (QED) is 0.0168. The van der Waals surface area contributed by atoms with Crippen LogP contribution in [0, 0.1) is 0 Å². The first-order valence-corrected chi connectivity index (χ1v) is 44.2. The van der Waals surface area contributed by atoms with Crippen molar-refractivity contribution >= 4 is 89.0 Å². The van der Waals surface area contributed by atoms with Crippen molar-refractivity contribution in [3.63, 3.8) is 0 Å². The molecule has 0 unspecified atom stereocenters. The van der Waals surface area contributed by atoms with Gasteiger partial charge in [0.15, 0.2) is 37.0 Å². The maximum atomic E-state index is 14.2. The van der Waals surface area contributed by atoms with Crippen molar-refractivity contribution in [1.29, 1.82) is 0 Å². The summed E-state index contributed by atoms with van der Waals surface area (Å²) in [5.41, 5.74) is 5.73. The Labute approximate surface area is 763 Å². The van der Waals surface area contributed by atoms with E-state index in [1.54, 1.807) is 14.2 Å². The van der Waals surface area contributed by atoms with E-state index in [0.717, 1.165) is 58.2 Å². The first-order valence-electron chi connectivity index (χ1n) is 44.2. The van der Waals surface area contributed by atoms with Crippen LogP contribution in [0.15, 0.2) is 78.9 Å². The highest BCUT2D eigenvalue weighted by Crippen LogP contribution is 2.42. The summed E-state index contributed by atoms with van der Waals surface area (Å²) in [4.78, 5) is 190. The highest BCUT2D eigenvalue weighted by molar-refractivity contribution is 5.81. The molecule has 0 spiro atoms. The van der Waals surface area contributed by atoms with Gasteiger partial charge in [-0.2, -0.15) is 0 Å². The summed E-state index contributed by atoms with van der Waals surface area (Å²) in [5, 5.41) is 25.2. The Morgan fingerprint density at radius 2 is 0.687 bits per heavy atom. The molecule has 10 atom stereocenters. The van der Waals surface area contributed by atoms with Gasteiger partial charge in [0.25, 0.3) is 0 Å². The minimum Gasteiger partial charge on any atom is -0.497 e. The molecule has 0 radical (unpaired) electrons. The second-order valence-electron chi connectivity index (χ2n) is 31.2. The van der Waals surface area contributed by atoms with Crippen LogP contribution in [0.2, 0.25) is 0 Å². The largest absolute Gasteiger partial charge is 0.497 e. The molecule has 2 fully saturated rings. The smallest absolute Gasteiger partial charge is 0.303 e. The minimum absolute atomic E-state index is 0.00220. The van der Waals surface area contributed by atoms with E-state index in [4.69, 9.17) is 81.5 Å². The molecule has 11 N–H and O–H groups in total. The molecule has 2 aliphatic heterocycles. The Hall–Kier alpha value is -11.1. The maximum Gasteiger partial charge on any atom is 0.303 e. The van der Waals surface area contributed by atoms with Crippen LogP contribution in [0.4, 0.5) is 0 Å². The minimum atomic E-state index is -1.50. The number of ether oxygens (including phenoxy) is 16. The average Bonchev–Trinajstić information content (AvgIpc) is 0.757. The van der Waals surface area contributed by atoms with Crippen molar-refractivity contribution in [3.05, 3.63) is 95.6 Å². The van der Waals surface area contributed by atoms with E-state index in [-0.39, 0.29) is 154 Å². The number of rotatable bonds is 64. The molecule has 0 bridgehead atoms. The topological polar surface area (TPSA) is 538 Å². The first kappa shape index (κ1) is 110. The van der Waals surface area contributed by atoms with Gasteiger partial charge in [0, 0.05) is 159 Å². The van der Waals surface area contributed by atoms with Crippen LogP contribution >= 0.6 is 0 Å². The molecule has 2 saturated heterocycles. The van der Waals surface area contributed by atoms with Gasteiger partial charge in [0.05, 0.1) is 53.9 Å². The molecule has 3 aromatic rings. The van der Waals surface area contributed by atoms with Gasteiger partial charge in [-0.25, -0.2) is 0 Å². The van der Waals surface area contributed by atoms with E-state index in [1.165, 1.54) is 13.8 Å². The number of amides is 9. The third kappa shape index (κ3) is 42.8. The van der Waals surface area contributed by atoms with Crippen molar-refractivity contribution in [2.45, 2.75) is 237 Å². The highest BCUT2D eigenvalue weighted by atomic mass is 16.7. The zero-order chi connectivity index (χ0) is 95.9. The van der Waals surface area contributed by atoms with Crippen molar-refractivity contribution in [3.8, 4) is 11.5 Å². The summed E-state index contributed by atoms with van der Waals surface area (Å²) in [7, 11) is 3.20. The fourth-order valence-electron chi connectivity index (χ4n) is 14.0. The third-order valence-corrected chi connectivity index (χ3v) is 20.2. The molecule has 131 heavy (non-hydrogen) atoms. The molecule has 730 valence electrons. The zero-order valence-electron chi connectivity index (χ0n) is 76.8. The lowest BCUT2D eigenvalue weighted by Gasteiger charge is -2.44. The lowest BCUT2D eigenvalue weighted by Crippen LogP contribution is -2.66. The average molecular weight is 1850 g/mol. The summed E-state index contributed by atoms with van der Waals surface area (Å²) < 4.78 is 92.5. The molecule has 5 rings (SSSR count). The number of methoxy groups -OCH3 is 2. The number of carbonyl (C=O) groups excluding carboxylic acids is 15. The molecule has 41 nitrogen and oxygen atoms in total. The monoisotopic (exact) mass is 1850 g/mol. The Morgan fingerprint density at radius 1 is 0.351 bits per heavy atom. The predicted octanol–water partition coefficient (Wildman–Crippen LogP) is 2.55. The van der Waals surface area contributed by atoms with E-state index in [1.807, 2.05) is 78.9 Å². The van der Waals surface area contributed by atoms with Crippen molar-refractivity contribution in [2.24, 2.45) is 5.73 Å². The number of esters is 6. The van der Waals surface area contributed by atoms with Crippen LogP contribution in [0.1, 0.15) is 181 Å². The summed E-state index contributed by atoms with van der Waals surface area (Å²) in [6.07, 6.45) is -6.62. The summed E-state index contributed by atoms with van der Waals surface area (Å²) in [6, 6.07) is 23.0. The van der Waals surface area contributed by atoms with E-state index >= 15 is 0 Å². The van der Waals surface area contributed by atoms with Gasteiger partial charge >= 0.3 is 35.8 Å². The molecule has 2 aliphatic rings.